The van der Waals surface area contributed by atoms with E-state index in [1.165, 1.54) is 19.2 Å². The molecule has 0 bridgehead atoms. The number of hydrogen-bond acceptors (Lipinski definition) is 6. The van der Waals surface area contributed by atoms with Gasteiger partial charge < -0.3 is 14.8 Å². The number of aromatic nitrogens is 2. The predicted octanol–water partition coefficient (Wildman–Crippen LogP) is 4.76. The van der Waals surface area contributed by atoms with Gasteiger partial charge in [-0.3, -0.25) is 4.79 Å². The van der Waals surface area contributed by atoms with Crippen molar-refractivity contribution in [1.82, 2.24) is 14.9 Å². The number of nitrogens with one attached hydrogen (secondary N) is 3. The topological polar surface area (TPSA) is 117 Å². The minimum absolute atomic E-state index is 0.109. The Morgan fingerprint density at radius 1 is 1.15 bits per heavy atom. The zero-order valence-corrected chi connectivity index (χ0v) is 19.6. The van der Waals surface area contributed by atoms with E-state index in [1.54, 1.807) is 18.3 Å². The molecule has 1 atom stereocenters. The molecule has 2 aromatic carbocycles. The number of hydrogen-bond donors (Lipinski definition) is 3. The van der Waals surface area contributed by atoms with Crippen LogP contribution in [0.1, 0.15) is 59.3 Å². The van der Waals surface area contributed by atoms with Crippen molar-refractivity contribution in [3.8, 4) is 0 Å². The lowest BCUT2D eigenvalue weighted by Gasteiger charge is -2.20. The average Bonchev–Trinajstić information content (AvgIpc) is 3.62. The summed E-state index contributed by atoms with van der Waals surface area (Å²) in [4.78, 5) is 17.2. The maximum Gasteiger partial charge on any atom is 0.240 e. The van der Waals surface area contributed by atoms with Crippen LogP contribution in [0.15, 0.2) is 70.3 Å². The van der Waals surface area contributed by atoms with E-state index < -0.39 is 16.1 Å². The number of nitrogens with zero attached hydrogens (tertiary/aromatic N) is 1. The van der Waals surface area contributed by atoms with Crippen LogP contribution in [0.25, 0.3) is 10.9 Å². The molecule has 0 spiro atoms. The third-order valence-electron chi connectivity index (χ3n) is 6.52. The van der Waals surface area contributed by atoms with Crippen molar-refractivity contribution >= 4 is 32.4 Å². The van der Waals surface area contributed by atoms with E-state index in [9.17, 15) is 13.2 Å². The van der Waals surface area contributed by atoms with Gasteiger partial charge in [0.1, 0.15) is 6.04 Å². The highest BCUT2D eigenvalue weighted by Crippen LogP contribution is 2.37. The molecule has 0 saturated heterocycles. The maximum absolute atomic E-state index is 13.9. The zero-order chi connectivity index (χ0) is 23.7. The first kappa shape index (κ1) is 22.4. The number of rotatable bonds is 8. The third kappa shape index (κ3) is 4.24. The van der Waals surface area contributed by atoms with Crippen molar-refractivity contribution in [1.29, 1.82) is 0 Å². The van der Waals surface area contributed by atoms with E-state index in [0.717, 1.165) is 47.7 Å². The molecule has 0 amide bonds. The van der Waals surface area contributed by atoms with Gasteiger partial charge in [0.15, 0.2) is 0 Å². The van der Waals surface area contributed by atoms with Gasteiger partial charge in [0.25, 0.3) is 0 Å². The Labute approximate surface area is 197 Å². The lowest BCUT2D eigenvalue weighted by Crippen LogP contribution is -2.23. The number of carbonyl (C=O) groups is 1. The maximum atomic E-state index is 13.9. The number of sulfonamides is 1. The molecule has 0 aliphatic heterocycles. The van der Waals surface area contributed by atoms with Crippen molar-refractivity contribution in [2.24, 2.45) is 0 Å². The molecule has 5 rings (SSSR count). The Morgan fingerprint density at radius 2 is 1.97 bits per heavy atom. The van der Waals surface area contributed by atoms with Crippen molar-refractivity contribution in [3.05, 3.63) is 77.8 Å². The van der Waals surface area contributed by atoms with Crippen LogP contribution >= 0.6 is 0 Å². The van der Waals surface area contributed by atoms with Crippen LogP contribution in [0, 0.1) is 0 Å². The summed E-state index contributed by atoms with van der Waals surface area (Å²) in [6.45, 7) is 0. The quantitative estimate of drug-likeness (QED) is 0.315. The summed E-state index contributed by atoms with van der Waals surface area (Å²) in [5, 5.41) is 8.23. The minimum Gasteiger partial charge on any atom is -0.371 e. The van der Waals surface area contributed by atoms with E-state index >= 15 is 0 Å². The molecule has 8 nitrogen and oxygen atoms in total. The molecule has 2 heterocycles. The molecule has 1 saturated carbocycles. The number of aromatic amines is 1. The van der Waals surface area contributed by atoms with Crippen LogP contribution in [-0.4, -0.2) is 31.4 Å². The Balaban J connectivity index is 1.55. The zero-order valence-electron chi connectivity index (χ0n) is 18.7. The second kappa shape index (κ2) is 9.08. The first-order chi connectivity index (χ1) is 16.5. The summed E-state index contributed by atoms with van der Waals surface area (Å²) >= 11 is 0. The van der Waals surface area contributed by atoms with Crippen LogP contribution < -0.4 is 10.0 Å². The third-order valence-corrected chi connectivity index (χ3v) is 7.93. The standard InChI is InChI=1S/C25H26N4O4S/c1-26-34(31,32)20-8-4-7-19(14-20)29-23(18-10-9-17-11-12-27-22(17)13-18)24(30)25-21(15-28-33-25)16-5-2-3-6-16/h4,7-16,23,26-27,29H,2-3,5-6H2,1H3. The molecule has 4 aromatic rings. The molecule has 9 heteroatoms. The second-order valence-corrected chi connectivity index (χ2v) is 10.5. The van der Waals surface area contributed by atoms with Gasteiger partial charge in [0.05, 0.1) is 11.1 Å². The van der Waals surface area contributed by atoms with Crippen LogP contribution in [0.4, 0.5) is 5.69 Å². The first-order valence-corrected chi connectivity index (χ1v) is 12.8. The molecular formula is C25H26N4O4S. The van der Waals surface area contributed by atoms with Gasteiger partial charge in [-0.15, -0.1) is 0 Å². The van der Waals surface area contributed by atoms with E-state index in [1.807, 2.05) is 30.5 Å². The fourth-order valence-corrected chi connectivity index (χ4v) is 5.45. The second-order valence-electron chi connectivity index (χ2n) is 8.59. The highest BCUT2D eigenvalue weighted by molar-refractivity contribution is 7.89. The smallest absolute Gasteiger partial charge is 0.240 e. The van der Waals surface area contributed by atoms with Crippen molar-refractivity contribution < 1.29 is 17.7 Å². The highest BCUT2D eigenvalue weighted by Gasteiger charge is 2.32. The monoisotopic (exact) mass is 478 g/mol. The SMILES string of the molecule is CNS(=O)(=O)c1cccc(NC(C(=O)c2oncc2C2CCCC2)c2ccc3cc[nH]c3c2)c1. The van der Waals surface area contributed by atoms with Crippen LogP contribution in [0.2, 0.25) is 0 Å². The molecule has 0 radical (unpaired) electrons. The highest BCUT2D eigenvalue weighted by atomic mass is 32.2. The minimum atomic E-state index is -3.63. The van der Waals surface area contributed by atoms with Gasteiger partial charge in [-0.1, -0.05) is 36.2 Å². The number of Topliss-reactive ketones (excluding diaryl/α,β-unsaturated/α-hetero) is 1. The summed E-state index contributed by atoms with van der Waals surface area (Å²) in [5.41, 5.74) is 2.98. The average molecular weight is 479 g/mol. The Bertz CT molecular complexity index is 1430. The first-order valence-electron chi connectivity index (χ1n) is 11.3. The molecule has 1 aliphatic rings. The molecule has 3 N–H and O–H groups in total. The largest absolute Gasteiger partial charge is 0.371 e. The number of ketones is 1. The number of carbonyl (C=O) groups excluding carboxylic acids is 1. The normalized spacial score (nSPS) is 15.6. The molecule has 2 aromatic heterocycles. The summed E-state index contributed by atoms with van der Waals surface area (Å²) in [6.07, 6.45) is 7.78. The lowest BCUT2D eigenvalue weighted by atomic mass is 9.93. The summed E-state index contributed by atoms with van der Waals surface area (Å²) in [5.74, 6) is 0.281. The van der Waals surface area contributed by atoms with Gasteiger partial charge in [-0.05, 0) is 67.1 Å². The molecule has 176 valence electrons. The predicted molar refractivity (Wildman–Crippen MR) is 129 cm³/mol. The van der Waals surface area contributed by atoms with Gasteiger partial charge in [-0.2, -0.15) is 0 Å². The Hall–Kier alpha value is -3.43. The number of H-pyrrole nitrogens is 1. The van der Waals surface area contributed by atoms with Gasteiger partial charge in [-0.25, -0.2) is 13.1 Å². The molecule has 1 unspecified atom stereocenters. The van der Waals surface area contributed by atoms with Gasteiger partial charge in [0, 0.05) is 23.0 Å². The van der Waals surface area contributed by atoms with Crippen molar-refractivity contribution in [2.75, 3.05) is 12.4 Å². The summed E-state index contributed by atoms with van der Waals surface area (Å²) in [7, 11) is -2.27. The van der Waals surface area contributed by atoms with E-state index in [-0.39, 0.29) is 22.4 Å². The van der Waals surface area contributed by atoms with Crippen LogP contribution in [0.3, 0.4) is 0 Å². The van der Waals surface area contributed by atoms with Crippen molar-refractivity contribution in [2.45, 2.75) is 42.5 Å². The molecular weight excluding hydrogens is 452 g/mol. The van der Waals surface area contributed by atoms with E-state index in [2.05, 4.69) is 20.2 Å². The molecule has 1 fully saturated rings. The molecule has 34 heavy (non-hydrogen) atoms. The van der Waals surface area contributed by atoms with Crippen LogP contribution in [0.5, 0.6) is 0 Å². The Kier molecular flexibility index (Phi) is 5.97. The summed E-state index contributed by atoms with van der Waals surface area (Å²) in [6, 6.07) is 13.3. The van der Waals surface area contributed by atoms with E-state index in [4.69, 9.17) is 4.52 Å². The van der Waals surface area contributed by atoms with E-state index in [0.29, 0.717) is 5.69 Å². The van der Waals surface area contributed by atoms with Gasteiger partial charge >= 0.3 is 0 Å². The van der Waals surface area contributed by atoms with Crippen molar-refractivity contribution in [3.63, 3.8) is 0 Å². The fourth-order valence-electron chi connectivity index (χ4n) is 4.68. The number of anilines is 1. The van der Waals surface area contributed by atoms with Crippen LogP contribution in [-0.2, 0) is 10.0 Å². The number of fused-ring (bicyclic) bond motifs is 1. The lowest BCUT2D eigenvalue weighted by molar-refractivity contribution is 0.0931. The van der Waals surface area contributed by atoms with Gasteiger partial charge in [0.2, 0.25) is 21.6 Å². The fraction of sp³-hybridized carbons (Fsp3) is 0.280. The summed E-state index contributed by atoms with van der Waals surface area (Å²) < 4.78 is 32.4. The number of benzene rings is 2. The Morgan fingerprint density at radius 3 is 2.76 bits per heavy atom. The molecule has 1 aliphatic carbocycles.